The Morgan fingerprint density at radius 1 is 1.12 bits per heavy atom. The van der Waals surface area contributed by atoms with Gasteiger partial charge in [-0.2, -0.15) is 0 Å². The number of hydrogen-bond acceptors (Lipinski definition) is 8. The van der Waals surface area contributed by atoms with Gasteiger partial charge < -0.3 is 5.73 Å². The third-order valence-corrected chi connectivity index (χ3v) is 7.55. The van der Waals surface area contributed by atoms with Crippen LogP contribution in [0.5, 0.6) is 0 Å². The molecule has 2 heterocycles. The molecule has 1 unspecified atom stereocenters. The zero-order valence-electron chi connectivity index (χ0n) is 22.7. The van der Waals surface area contributed by atoms with Crippen molar-refractivity contribution in [3.63, 3.8) is 0 Å². The summed E-state index contributed by atoms with van der Waals surface area (Å²) in [6.45, 7) is 0.764. The lowest BCUT2D eigenvalue weighted by atomic mass is 10.0. The highest BCUT2D eigenvalue weighted by atomic mass is 35.5. The maximum atomic E-state index is 13.6. The number of nitrogens with two attached hydrogens (primary N) is 2. The highest BCUT2D eigenvalue weighted by Gasteiger charge is 2.25. The van der Waals surface area contributed by atoms with E-state index in [2.05, 4.69) is 20.4 Å². The largest absolute Gasteiger partial charge is 0.388 e. The average Bonchev–Trinajstić information content (AvgIpc) is 3.64. The SMILES string of the molecule is N/C(Cl)=C\N(N)c1ccc(Cl)cc1-c1cc(=O)n(C(Cc2ccccc2)C(=O)Nc2ncn(CC3CCCC3)n2)cn1. The molecular weight excluding hydrogens is 577 g/mol. The highest BCUT2D eigenvalue weighted by Crippen LogP contribution is 2.31. The van der Waals surface area contributed by atoms with Gasteiger partial charge in [-0.15, -0.1) is 5.10 Å². The molecule has 0 saturated heterocycles. The number of aromatic nitrogens is 5. The van der Waals surface area contributed by atoms with Crippen molar-refractivity contribution in [3.05, 3.63) is 99.5 Å². The second-order valence-corrected chi connectivity index (χ2v) is 11.1. The molecule has 1 fully saturated rings. The van der Waals surface area contributed by atoms with E-state index < -0.39 is 17.5 Å². The van der Waals surface area contributed by atoms with Crippen LogP contribution in [-0.2, 0) is 17.8 Å². The maximum absolute atomic E-state index is 13.6. The van der Waals surface area contributed by atoms with Crippen LogP contribution in [0.1, 0.15) is 37.3 Å². The van der Waals surface area contributed by atoms with E-state index in [-0.39, 0.29) is 17.5 Å². The number of rotatable bonds is 10. The average molecular weight is 609 g/mol. The second-order valence-electron chi connectivity index (χ2n) is 10.2. The lowest BCUT2D eigenvalue weighted by Crippen LogP contribution is -2.35. The summed E-state index contributed by atoms with van der Waals surface area (Å²) in [6, 6.07) is 14.8. The van der Waals surface area contributed by atoms with Crippen molar-refractivity contribution in [1.29, 1.82) is 0 Å². The summed E-state index contributed by atoms with van der Waals surface area (Å²) in [5.41, 5.74) is 7.24. The summed E-state index contributed by atoms with van der Waals surface area (Å²) in [4.78, 5) is 35.9. The molecule has 5 N–H and O–H groups in total. The monoisotopic (exact) mass is 607 g/mol. The Kier molecular flexibility index (Phi) is 9.21. The Bertz CT molecular complexity index is 1630. The molecule has 13 heteroatoms. The van der Waals surface area contributed by atoms with Crippen LogP contribution in [0.4, 0.5) is 11.6 Å². The van der Waals surface area contributed by atoms with Gasteiger partial charge in [-0.05, 0) is 42.5 Å². The molecule has 1 amide bonds. The standard InChI is InChI=1S/C29H31Cl2N9O2/c30-21-10-11-24(40(33)16-26(31)32)22(13-21)23-14-27(41)39(18-34-23)25(12-19-6-2-1-3-7-19)28(42)36-29-35-17-38(37-29)15-20-8-4-5-9-20/h1-3,6-7,10-11,13-14,16-18,20,25H,4-5,8-9,12,15,32-33H2,(H,36,37,42)/b26-16-. The van der Waals surface area contributed by atoms with E-state index in [0.717, 1.165) is 12.1 Å². The smallest absolute Gasteiger partial charge is 0.254 e. The minimum absolute atomic E-state index is 0.0330. The second kappa shape index (κ2) is 13.2. The molecule has 218 valence electrons. The first-order valence-corrected chi connectivity index (χ1v) is 14.3. The number of anilines is 2. The molecule has 2 aromatic heterocycles. The predicted molar refractivity (Wildman–Crippen MR) is 164 cm³/mol. The van der Waals surface area contributed by atoms with E-state index >= 15 is 0 Å². The fourth-order valence-corrected chi connectivity index (χ4v) is 5.46. The van der Waals surface area contributed by atoms with E-state index in [4.69, 9.17) is 34.8 Å². The number of nitrogens with zero attached hydrogens (tertiary/aromatic N) is 6. The Hall–Kier alpha value is -4.19. The van der Waals surface area contributed by atoms with E-state index in [1.54, 1.807) is 29.2 Å². The molecule has 1 aliphatic carbocycles. The fraction of sp³-hybridized carbons (Fsp3) is 0.276. The van der Waals surface area contributed by atoms with Gasteiger partial charge >= 0.3 is 0 Å². The lowest BCUT2D eigenvalue weighted by molar-refractivity contribution is -0.119. The maximum Gasteiger partial charge on any atom is 0.254 e. The summed E-state index contributed by atoms with van der Waals surface area (Å²) >= 11 is 12.1. The van der Waals surface area contributed by atoms with Crippen LogP contribution in [0.3, 0.4) is 0 Å². The molecule has 0 aliphatic heterocycles. The van der Waals surface area contributed by atoms with Gasteiger partial charge in [-0.25, -0.2) is 15.8 Å². The molecule has 42 heavy (non-hydrogen) atoms. The minimum Gasteiger partial charge on any atom is -0.388 e. The van der Waals surface area contributed by atoms with Gasteiger partial charge in [0.2, 0.25) is 11.9 Å². The Morgan fingerprint density at radius 2 is 1.88 bits per heavy atom. The van der Waals surface area contributed by atoms with Crippen molar-refractivity contribution in [3.8, 4) is 11.3 Å². The molecule has 1 saturated carbocycles. The van der Waals surface area contributed by atoms with Gasteiger partial charge in [0.1, 0.15) is 17.5 Å². The summed E-state index contributed by atoms with van der Waals surface area (Å²) in [5.74, 6) is 6.44. The van der Waals surface area contributed by atoms with Crippen LogP contribution >= 0.6 is 23.2 Å². The third kappa shape index (κ3) is 7.17. The number of hydrogen-bond donors (Lipinski definition) is 3. The molecular formula is C29H31Cl2N9O2. The molecule has 1 aliphatic rings. The van der Waals surface area contributed by atoms with Crippen molar-refractivity contribution in [2.24, 2.45) is 17.5 Å². The predicted octanol–water partition coefficient (Wildman–Crippen LogP) is 4.44. The minimum atomic E-state index is -0.924. The number of amides is 1. The van der Waals surface area contributed by atoms with Crippen molar-refractivity contribution in [2.75, 3.05) is 10.3 Å². The Morgan fingerprint density at radius 3 is 2.60 bits per heavy atom. The van der Waals surface area contributed by atoms with Gasteiger partial charge in [0.15, 0.2) is 0 Å². The molecule has 0 spiro atoms. The van der Waals surface area contributed by atoms with Gasteiger partial charge in [0.25, 0.3) is 5.56 Å². The first-order chi connectivity index (χ1) is 20.3. The Labute approximate surface area is 252 Å². The van der Waals surface area contributed by atoms with Crippen LogP contribution in [0.15, 0.2) is 83.4 Å². The van der Waals surface area contributed by atoms with Crippen LogP contribution in [0.2, 0.25) is 5.02 Å². The number of nitrogens with one attached hydrogen (secondary N) is 1. The normalized spacial score (nSPS) is 14.6. The third-order valence-electron chi connectivity index (χ3n) is 7.21. The first kappa shape index (κ1) is 29.3. The molecule has 1 atom stereocenters. The van der Waals surface area contributed by atoms with Crippen LogP contribution < -0.4 is 27.5 Å². The summed E-state index contributed by atoms with van der Waals surface area (Å²) in [6.07, 6.45) is 9.33. The highest BCUT2D eigenvalue weighted by molar-refractivity contribution is 6.31. The Balaban J connectivity index is 1.44. The van der Waals surface area contributed by atoms with Crippen LogP contribution in [0.25, 0.3) is 11.3 Å². The van der Waals surface area contributed by atoms with Crippen molar-refractivity contribution >= 4 is 40.7 Å². The van der Waals surface area contributed by atoms with Gasteiger partial charge in [0, 0.05) is 29.6 Å². The number of carbonyl (C=O) groups is 1. The molecule has 0 bridgehead atoms. The van der Waals surface area contributed by atoms with E-state index in [9.17, 15) is 9.59 Å². The zero-order chi connectivity index (χ0) is 29.6. The molecule has 4 aromatic rings. The van der Waals surface area contributed by atoms with Crippen molar-refractivity contribution in [1.82, 2.24) is 24.3 Å². The summed E-state index contributed by atoms with van der Waals surface area (Å²) < 4.78 is 3.05. The first-order valence-electron chi connectivity index (χ1n) is 13.6. The van der Waals surface area contributed by atoms with Gasteiger partial charge in [0.05, 0.1) is 23.9 Å². The van der Waals surface area contributed by atoms with E-state index in [0.29, 0.717) is 27.9 Å². The molecule has 5 rings (SSSR count). The number of hydrazine groups is 1. The zero-order valence-corrected chi connectivity index (χ0v) is 24.2. The molecule has 2 aromatic carbocycles. The van der Waals surface area contributed by atoms with Crippen LogP contribution in [0, 0.1) is 5.92 Å². The number of halogens is 2. The molecule has 0 radical (unpaired) electrons. The fourth-order valence-electron chi connectivity index (χ4n) is 5.18. The summed E-state index contributed by atoms with van der Waals surface area (Å²) in [7, 11) is 0. The van der Waals surface area contributed by atoms with E-state index in [1.165, 1.54) is 53.9 Å². The number of carbonyl (C=O) groups excluding carboxylic acids is 1. The van der Waals surface area contributed by atoms with Crippen molar-refractivity contribution in [2.45, 2.75) is 44.7 Å². The van der Waals surface area contributed by atoms with Gasteiger partial charge in [-0.3, -0.25) is 29.2 Å². The topological polar surface area (TPSA) is 150 Å². The van der Waals surface area contributed by atoms with E-state index in [1.807, 2.05) is 30.3 Å². The lowest BCUT2D eigenvalue weighted by Gasteiger charge is -2.20. The summed E-state index contributed by atoms with van der Waals surface area (Å²) in [5, 5.41) is 8.83. The van der Waals surface area contributed by atoms with Crippen molar-refractivity contribution < 1.29 is 4.79 Å². The molecule has 11 nitrogen and oxygen atoms in total. The van der Waals surface area contributed by atoms with Gasteiger partial charge in [-0.1, -0.05) is 66.4 Å². The van der Waals surface area contributed by atoms with Crippen LogP contribution in [-0.4, -0.2) is 30.2 Å². The number of benzene rings is 2. The quantitative estimate of drug-likeness (QED) is 0.136.